The Kier molecular flexibility index (Phi) is 3.02. The number of rotatable bonds is 2. The summed E-state index contributed by atoms with van der Waals surface area (Å²) in [4.78, 5) is 24.7. The van der Waals surface area contributed by atoms with Crippen LogP contribution in [0.3, 0.4) is 0 Å². The molecule has 2 atom stereocenters. The number of hydrogen-bond donors (Lipinski definition) is 1. The lowest BCUT2D eigenvalue weighted by Crippen LogP contribution is -2.57. The highest BCUT2D eigenvalue weighted by molar-refractivity contribution is 5.87. The summed E-state index contributed by atoms with van der Waals surface area (Å²) in [7, 11) is 0. The van der Waals surface area contributed by atoms with Crippen LogP contribution in [-0.2, 0) is 14.3 Å². The van der Waals surface area contributed by atoms with Crippen LogP contribution in [0.1, 0.15) is 19.3 Å². The van der Waals surface area contributed by atoms with Gasteiger partial charge in [-0.25, -0.2) is 0 Å². The maximum Gasteiger partial charge on any atom is 0.237 e. The molecule has 1 aliphatic heterocycles. The van der Waals surface area contributed by atoms with Crippen molar-refractivity contribution in [2.75, 3.05) is 19.8 Å². The summed E-state index contributed by atoms with van der Waals surface area (Å²) in [6.45, 7) is 1.52. The molecule has 15 heavy (non-hydrogen) atoms. The van der Waals surface area contributed by atoms with E-state index in [0.29, 0.717) is 26.2 Å². The molecule has 1 saturated carbocycles. The van der Waals surface area contributed by atoms with Gasteiger partial charge in [0.2, 0.25) is 5.91 Å². The number of morpholine rings is 1. The van der Waals surface area contributed by atoms with E-state index >= 15 is 0 Å². The molecule has 1 heterocycles. The van der Waals surface area contributed by atoms with Gasteiger partial charge in [-0.2, -0.15) is 0 Å². The molecule has 84 valence electrons. The Labute approximate surface area is 88.5 Å². The number of amides is 1. The number of primary amides is 1. The summed E-state index contributed by atoms with van der Waals surface area (Å²) >= 11 is 0. The zero-order chi connectivity index (χ0) is 10.8. The van der Waals surface area contributed by atoms with Crippen molar-refractivity contribution >= 4 is 11.7 Å². The zero-order valence-corrected chi connectivity index (χ0v) is 8.65. The van der Waals surface area contributed by atoms with Crippen LogP contribution in [0.4, 0.5) is 0 Å². The van der Waals surface area contributed by atoms with Crippen molar-refractivity contribution in [3.05, 3.63) is 0 Å². The first-order valence-electron chi connectivity index (χ1n) is 5.35. The molecule has 0 aromatic rings. The topological polar surface area (TPSA) is 72.6 Å². The fourth-order valence-corrected chi connectivity index (χ4v) is 2.38. The number of ether oxygens (including phenoxy) is 1. The van der Waals surface area contributed by atoms with Crippen LogP contribution in [0.15, 0.2) is 0 Å². The lowest BCUT2D eigenvalue weighted by molar-refractivity contribution is -0.135. The third kappa shape index (κ3) is 2.03. The zero-order valence-electron chi connectivity index (χ0n) is 8.65. The van der Waals surface area contributed by atoms with Gasteiger partial charge in [0.15, 0.2) is 0 Å². The molecule has 1 saturated heterocycles. The van der Waals surface area contributed by atoms with Crippen LogP contribution in [0.2, 0.25) is 0 Å². The maximum atomic E-state index is 11.6. The fourth-order valence-electron chi connectivity index (χ4n) is 2.38. The summed E-state index contributed by atoms with van der Waals surface area (Å²) in [6, 6.07) is -0.530. The van der Waals surface area contributed by atoms with Crippen molar-refractivity contribution < 1.29 is 14.3 Å². The normalized spacial score (nSPS) is 33.2. The minimum absolute atomic E-state index is 0.105. The molecule has 0 bridgehead atoms. The van der Waals surface area contributed by atoms with Crippen LogP contribution >= 0.6 is 0 Å². The number of Topliss-reactive ketones (excluding diaryl/α,β-unsaturated/α-hetero) is 1. The molecule has 5 nitrogen and oxygen atoms in total. The van der Waals surface area contributed by atoms with Crippen molar-refractivity contribution in [3.8, 4) is 0 Å². The number of hydrogen-bond acceptors (Lipinski definition) is 4. The molecule has 0 aromatic heterocycles. The Morgan fingerprint density at radius 1 is 1.53 bits per heavy atom. The second-order valence-electron chi connectivity index (χ2n) is 4.11. The third-order valence-electron chi connectivity index (χ3n) is 3.17. The molecule has 5 heteroatoms. The van der Waals surface area contributed by atoms with E-state index in [2.05, 4.69) is 0 Å². The van der Waals surface area contributed by atoms with Gasteiger partial charge in [0.1, 0.15) is 11.8 Å². The molecule has 2 rings (SSSR count). The van der Waals surface area contributed by atoms with Crippen molar-refractivity contribution in [3.63, 3.8) is 0 Å². The van der Waals surface area contributed by atoms with Gasteiger partial charge in [0.05, 0.1) is 19.3 Å². The molecule has 2 fully saturated rings. The van der Waals surface area contributed by atoms with Gasteiger partial charge in [-0.1, -0.05) is 0 Å². The molecule has 0 aromatic carbocycles. The van der Waals surface area contributed by atoms with E-state index in [4.69, 9.17) is 10.5 Å². The Balaban J connectivity index is 2.10. The predicted octanol–water partition coefficient (Wildman–Crippen LogP) is -0.706. The van der Waals surface area contributed by atoms with Crippen molar-refractivity contribution in [1.29, 1.82) is 0 Å². The molecule has 1 aliphatic carbocycles. The van der Waals surface area contributed by atoms with Gasteiger partial charge in [-0.3, -0.25) is 14.5 Å². The van der Waals surface area contributed by atoms with Gasteiger partial charge in [0.25, 0.3) is 0 Å². The highest BCUT2D eigenvalue weighted by Crippen LogP contribution is 2.23. The highest BCUT2D eigenvalue weighted by atomic mass is 16.5. The minimum atomic E-state index is -0.425. The summed E-state index contributed by atoms with van der Waals surface area (Å²) in [5.41, 5.74) is 5.30. The van der Waals surface area contributed by atoms with E-state index in [0.717, 1.165) is 12.8 Å². The number of ketones is 1. The first-order chi connectivity index (χ1) is 7.20. The Hall–Kier alpha value is -0.940. The van der Waals surface area contributed by atoms with E-state index < -0.39 is 11.9 Å². The summed E-state index contributed by atoms with van der Waals surface area (Å²) in [6.07, 6.45) is 2.41. The van der Waals surface area contributed by atoms with Crippen LogP contribution in [0.5, 0.6) is 0 Å². The van der Waals surface area contributed by atoms with Crippen LogP contribution in [0, 0.1) is 0 Å². The maximum absolute atomic E-state index is 11.6. The fraction of sp³-hybridized carbons (Fsp3) is 0.800. The Morgan fingerprint density at radius 3 is 2.93 bits per heavy atom. The van der Waals surface area contributed by atoms with E-state index in [1.54, 1.807) is 0 Å². The first-order valence-corrected chi connectivity index (χ1v) is 5.35. The predicted molar refractivity (Wildman–Crippen MR) is 53.2 cm³/mol. The summed E-state index contributed by atoms with van der Waals surface area (Å²) < 4.78 is 5.21. The Morgan fingerprint density at radius 2 is 2.33 bits per heavy atom. The quantitative estimate of drug-likeness (QED) is 0.656. The van der Waals surface area contributed by atoms with Gasteiger partial charge in [-0.05, 0) is 12.8 Å². The summed E-state index contributed by atoms with van der Waals surface area (Å²) in [5, 5.41) is 0. The minimum Gasteiger partial charge on any atom is -0.378 e. The van der Waals surface area contributed by atoms with Gasteiger partial charge < -0.3 is 10.5 Å². The van der Waals surface area contributed by atoms with Crippen molar-refractivity contribution in [1.82, 2.24) is 4.90 Å². The van der Waals surface area contributed by atoms with E-state index in [-0.39, 0.29) is 11.8 Å². The number of nitrogens with two attached hydrogens (primary N) is 1. The van der Waals surface area contributed by atoms with Crippen LogP contribution < -0.4 is 5.73 Å². The lowest BCUT2D eigenvalue weighted by atomic mass is 10.1. The van der Waals surface area contributed by atoms with E-state index in [1.165, 1.54) is 0 Å². The molecule has 2 aliphatic rings. The molecule has 2 unspecified atom stereocenters. The first kappa shape index (κ1) is 10.6. The molecule has 0 spiro atoms. The standard InChI is InChI=1S/C10H16N2O3/c11-10(14)8-6-15-5-4-12(8)7-2-1-3-9(7)13/h7-8H,1-6H2,(H2,11,14). The van der Waals surface area contributed by atoms with E-state index in [1.807, 2.05) is 4.90 Å². The molecule has 1 amide bonds. The third-order valence-corrected chi connectivity index (χ3v) is 3.17. The highest BCUT2D eigenvalue weighted by Gasteiger charge is 2.38. The molecular weight excluding hydrogens is 196 g/mol. The lowest BCUT2D eigenvalue weighted by Gasteiger charge is -2.36. The molecular formula is C10H16N2O3. The van der Waals surface area contributed by atoms with Gasteiger partial charge >= 0.3 is 0 Å². The monoisotopic (exact) mass is 212 g/mol. The largest absolute Gasteiger partial charge is 0.378 e. The number of carbonyl (C=O) groups is 2. The SMILES string of the molecule is NC(=O)C1COCCN1C1CCCC1=O. The van der Waals surface area contributed by atoms with E-state index in [9.17, 15) is 9.59 Å². The second kappa shape index (κ2) is 4.28. The average Bonchev–Trinajstić information content (AvgIpc) is 2.64. The second-order valence-corrected chi connectivity index (χ2v) is 4.11. The number of nitrogens with zero attached hydrogens (tertiary/aromatic N) is 1. The van der Waals surface area contributed by atoms with Crippen molar-refractivity contribution in [2.45, 2.75) is 31.3 Å². The summed E-state index contributed by atoms with van der Waals surface area (Å²) in [5.74, 6) is -0.155. The molecule has 2 N–H and O–H groups in total. The van der Waals surface area contributed by atoms with Gasteiger partial charge in [0, 0.05) is 13.0 Å². The number of carbonyl (C=O) groups excluding carboxylic acids is 2. The van der Waals surface area contributed by atoms with Gasteiger partial charge in [-0.15, -0.1) is 0 Å². The molecule has 0 radical (unpaired) electrons. The van der Waals surface area contributed by atoms with Crippen LogP contribution in [-0.4, -0.2) is 48.4 Å². The average molecular weight is 212 g/mol. The Bertz CT molecular complexity index is 278. The van der Waals surface area contributed by atoms with Crippen LogP contribution in [0.25, 0.3) is 0 Å². The smallest absolute Gasteiger partial charge is 0.237 e. The van der Waals surface area contributed by atoms with Crippen molar-refractivity contribution in [2.24, 2.45) is 5.73 Å².